The quantitative estimate of drug-likeness (QED) is 0.556. The van der Waals surface area contributed by atoms with E-state index in [-0.39, 0.29) is 0 Å². The third kappa shape index (κ3) is 1.98. The number of nitrogens with zero attached hydrogens (tertiary/aromatic N) is 3. The van der Waals surface area contributed by atoms with E-state index < -0.39 is 11.4 Å². The number of carbonyl (C=O) groups is 1. The van der Waals surface area contributed by atoms with E-state index in [0.717, 1.165) is 11.1 Å². The molecule has 7 nitrogen and oxygen atoms in total. The Hall–Kier alpha value is -2.93. The Bertz CT molecular complexity index is 915. The fourth-order valence-corrected chi connectivity index (χ4v) is 3.28. The first-order chi connectivity index (χ1) is 11.5. The third-order valence-corrected chi connectivity index (χ3v) is 4.56. The van der Waals surface area contributed by atoms with Gasteiger partial charge in [0, 0.05) is 18.3 Å². The van der Waals surface area contributed by atoms with Gasteiger partial charge in [-0.15, -0.1) is 0 Å². The highest BCUT2D eigenvalue weighted by Crippen LogP contribution is 2.43. The van der Waals surface area contributed by atoms with Gasteiger partial charge in [0.1, 0.15) is 0 Å². The number of hydrogen-bond donors (Lipinski definition) is 2. The molecular weight excluding hydrogens is 308 g/mol. The van der Waals surface area contributed by atoms with Crippen LogP contribution in [0.5, 0.6) is 0 Å². The van der Waals surface area contributed by atoms with Crippen LogP contribution in [0.1, 0.15) is 35.3 Å². The van der Waals surface area contributed by atoms with E-state index in [1.807, 2.05) is 36.9 Å². The first-order valence-electron chi connectivity index (χ1n) is 7.58. The fraction of sp³-hybridized carbons (Fsp3) is 0.235. The predicted octanol–water partition coefficient (Wildman–Crippen LogP) is 2.60. The number of amides is 1. The van der Waals surface area contributed by atoms with Crippen LogP contribution in [0.2, 0.25) is 0 Å². The molecular formula is C17H16N4O3. The number of hydrogen-bond acceptors (Lipinski definition) is 6. The van der Waals surface area contributed by atoms with Crippen molar-refractivity contribution in [2.75, 3.05) is 4.90 Å². The van der Waals surface area contributed by atoms with Gasteiger partial charge in [-0.2, -0.15) is 4.98 Å². The Labute approximate surface area is 137 Å². The maximum absolute atomic E-state index is 11.9. The molecule has 3 aromatic rings. The van der Waals surface area contributed by atoms with Crippen LogP contribution in [0.25, 0.3) is 11.2 Å². The molecule has 0 aliphatic carbocycles. The Morgan fingerprint density at radius 3 is 2.92 bits per heavy atom. The van der Waals surface area contributed by atoms with Crippen molar-refractivity contribution in [2.24, 2.45) is 0 Å². The molecule has 0 saturated carbocycles. The predicted molar refractivity (Wildman–Crippen MR) is 86.7 cm³/mol. The zero-order valence-electron chi connectivity index (χ0n) is 13.3. The summed E-state index contributed by atoms with van der Waals surface area (Å²) in [5.74, 6) is -0.524. The van der Waals surface area contributed by atoms with E-state index in [9.17, 15) is 4.79 Å². The van der Waals surface area contributed by atoms with Crippen LogP contribution in [0.3, 0.4) is 0 Å². The molecule has 1 aliphatic rings. The zero-order valence-corrected chi connectivity index (χ0v) is 13.3. The molecule has 0 spiro atoms. The first kappa shape index (κ1) is 14.6. The lowest BCUT2D eigenvalue weighted by atomic mass is 9.91. The van der Waals surface area contributed by atoms with E-state index in [1.165, 1.54) is 0 Å². The average molecular weight is 324 g/mol. The topological polar surface area (TPSA) is 91.5 Å². The normalized spacial score (nSPS) is 15.5. The summed E-state index contributed by atoms with van der Waals surface area (Å²) in [6, 6.07) is 9.55. The minimum atomic E-state index is -0.524. The Balaban J connectivity index is 1.83. The summed E-state index contributed by atoms with van der Waals surface area (Å²) >= 11 is 0. The lowest BCUT2D eigenvalue weighted by Gasteiger charge is -2.30. The molecule has 2 N–H and O–H groups in total. The van der Waals surface area contributed by atoms with Gasteiger partial charge in [0.25, 0.3) is 5.91 Å². The molecule has 122 valence electrons. The maximum atomic E-state index is 11.9. The number of aromatic nitrogens is 2. The molecule has 1 amide bonds. The van der Waals surface area contributed by atoms with Crippen molar-refractivity contribution in [1.82, 2.24) is 15.4 Å². The molecule has 0 unspecified atom stereocenters. The Morgan fingerprint density at radius 1 is 1.33 bits per heavy atom. The lowest BCUT2D eigenvalue weighted by molar-refractivity contribution is 0.0705. The number of pyridine rings is 1. The summed E-state index contributed by atoms with van der Waals surface area (Å²) in [6.07, 6.45) is 1.67. The minimum absolute atomic E-state index is 0.415. The van der Waals surface area contributed by atoms with Crippen LogP contribution < -0.4 is 10.4 Å². The SMILES string of the molecule is CC1(C)c2cccc(C(=O)NO)c2CN1c1nc2ncccc2o1. The summed E-state index contributed by atoms with van der Waals surface area (Å²) in [4.78, 5) is 22.6. The summed E-state index contributed by atoms with van der Waals surface area (Å²) < 4.78 is 5.85. The number of hydroxylamine groups is 1. The van der Waals surface area contributed by atoms with Gasteiger partial charge in [0.05, 0.1) is 5.54 Å². The number of carbonyl (C=O) groups excluding carboxylic acids is 1. The van der Waals surface area contributed by atoms with Gasteiger partial charge in [0.2, 0.25) is 5.65 Å². The van der Waals surface area contributed by atoms with Gasteiger partial charge < -0.3 is 9.32 Å². The molecule has 24 heavy (non-hydrogen) atoms. The van der Waals surface area contributed by atoms with Crippen molar-refractivity contribution in [3.8, 4) is 0 Å². The molecule has 4 rings (SSSR count). The number of fused-ring (bicyclic) bond motifs is 2. The number of nitrogens with one attached hydrogen (secondary N) is 1. The number of anilines is 1. The molecule has 1 aliphatic heterocycles. The molecule has 0 bridgehead atoms. The zero-order chi connectivity index (χ0) is 16.9. The first-order valence-corrected chi connectivity index (χ1v) is 7.58. The smallest absolute Gasteiger partial charge is 0.300 e. The van der Waals surface area contributed by atoms with Gasteiger partial charge >= 0.3 is 6.01 Å². The second-order valence-electron chi connectivity index (χ2n) is 6.24. The summed E-state index contributed by atoms with van der Waals surface area (Å²) in [7, 11) is 0. The largest absolute Gasteiger partial charge is 0.422 e. The molecule has 0 fully saturated rings. The van der Waals surface area contributed by atoms with E-state index in [2.05, 4.69) is 9.97 Å². The molecule has 0 radical (unpaired) electrons. The van der Waals surface area contributed by atoms with Crippen molar-refractivity contribution in [3.63, 3.8) is 0 Å². The van der Waals surface area contributed by atoms with E-state index in [4.69, 9.17) is 9.62 Å². The van der Waals surface area contributed by atoms with Crippen molar-refractivity contribution in [2.45, 2.75) is 25.9 Å². The highest BCUT2D eigenvalue weighted by Gasteiger charge is 2.41. The van der Waals surface area contributed by atoms with Crippen LogP contribution in [-0.4, -0.2) is 21.1 Å². The highest BCUT2D eigenvalue weighted by molar-refractivity contribution is 5.95. The molecule has 0 saturated heterocycles. The van der Waals surface area contributed by atoms with Crippen LogP contribution in [-0.2, 0) is 12.1 Å². The van der Waals surface area contributed by atoms with Crippen LogP contribution in [0, 0.1) is 0 Å². The second kappa shape index (κ2) is 5.04. The maximum Gasteiger partial charge on any atom is 0.300 e. The highest BCUT2D eigenvalue weighted by atomic mass is 16.5. The van der Waals surface area contributed by atoms with Gasteiger partial charge in [-0.3, -0.25) is 10.0 Å². The average Bonchev–Trinajstić information content (AvgIpc) is 3.12. The van der Waals surface area contributed by atoms with Gasteiger partial charge in [-0.25, -0.2) is 10.5 Å². The Kier molecular flexibility index (Phi) is 3.07. The number of rotatable bonds is 2. The van der Waals surface area contributed by atoms with Gasteiger partial charge in [-0.05, 0) is 43.2 Å². The molecule has 1 aromatic carbocycles. The van der Waals surface area contributed by atoms with E-state index >= 15 is 0 Å². The van der Waals surface area contributed by atoms with Gasteiger partial charge in [-0.1, -0.05) is 12.1 Å². The van der Waals surface area contributed by atoms with E-state index in [0.29, 0.717) is 29.4 Å². The molecule has 2 aromatic heterocycles. The van der Waals surface area contributed by atoms with Crippen LogP contribution in [0.4, 0.5) is 6.01 Å². The van der Waals surface area contributed by atoms with Crippen molar-refractivity contribution < 1.29 is 14.4 Å². The van der Waals surface area contributed by atoms with E-state index in [1.54, 1.807) is 23.8 Å². The summed E-state index contributed by atoms with van der Waals surface area (Å²) in [6.45, 7) is 4.54. The van der Waals surface area contributed by atoms with Crippen molar-refractivity contribution in [1.29, 1.82) is 0 Å². The molecule has 7 heteroatoms. The Morgan fingerprint density at radius 2 is 2.17 bits per heavy atom. The molecule has 3 heterocycles. The third-order valence-electron chi connectivity index (χ3n) is 4.56. The molecule has 0 atom stereocenters. The number of benzene rings is 1. The lowest BCUT2D eigenvalue weighted by Crippen LogP contribution is -2.35. The minimum Gasteiger partial charge on any atom is -0.422 e. The van der Waals surface area contributed by atoms with Crippen LogP contribution in [0.15, 0.2) is 40.9 Å². The summed E-state index contributed by atoms with van der Waals surface area (Å²) in [5.41, 5.74) is 4.75. The van der Waals surface area contributed by atoms with Crippen LogP contribution >= 0.6 is 0 Å². The fourth-order valence-electron chi connectivity index (χ4n) is 3.28. The van der Waals surface area contributed by atoms with Crippen molar-refractivity contribution >= 4 is 23.2 Å². The summed E-state index contributed by atoms with van der Waals surface area (Å²) in [5, 5.41) is 8.98. The second-order valence-corrected chi connectivity index (χ2v) is 6.24. The monoisotopic (exact) mass is 324 g/mol. The standard InChI is InChI=1S/C17H16N4O3/c1-17(2)12-6-3-5-10(15(22)20-23)11(12)9-21(17)16-19-14-13(24-16)7-4-8-18-14/h3-8,23H,9H2,1-2H3,(H,20,22). The van der Waals surface area contributed by atoms with Gasteiger partial charge in [0.15, 0.2) is 5.58 Å². The van der Waals surface area contributed by atoms with Crippen molar-refractivity contribution in [3.05, 3.63) is 53.2 Å². The number of oxazole rings is 1.